The Morgan fingerprint density at radius 2 is 1.73 bits per heavy atom. The van der Waals surface area contributed by atoms with Crippen LogP contribution in [0.5, 0.6) is 0 Å². The molecule has 3 aliphatic rings. The van der Waals surface area contributed by atoms with Crippen LogP contribution in [0.25, 0.3) is 0 Å². The van der Waals surface area contributed by atoms with E-state index >= 15 is 0 Å². The maximum atomic E-state index is 12.5. The lowest BCUT2D eigenvalue weighted by molar-refractivity contribution is -0.0562. The van der Waals surface area contributed by atoms with E-state index in [4.69, 9.17) is 9.47 Å². The predicted octanol–water partition coefficient (Wildman–Crippen LogP) is 3.48. The van der Waals surface area contributed by atoms with Gasteiger partial charge in [-0.1, -0.05) is 12.1 Å². The van der Waals surface area contributed by atoms with Crippen molar-refractivity contribution in [1.82, 2.24) is 9.80 Å². The van der Waals surface area contributed by atoms with Crippen LogP contribution in [0.1, 0.15) is 67.2 Å². The van der Waals surface area contributed by atoms with E-state index in [2.05, 4.69) is 0 Å². The zero-order valence-corrected chi connectivity index (χ0v) is 18.0. The number of ether oxygens (including phenoxy) is 2. The number of hydrogen-bond acceptors (Lipinski definition) is 5. The molecule has 3 amide bonds. The quantitative estimate of drug-likeness (QED) is 0.545. The number of fused-ring (bicyclic) bond motifs is 1. The first-order chi connectivity index (χ1) is 14.2. The molecule has 0 N–H and O–H groups in total. The fraction of sp³-hybridized carbons (Fsp3) is 0.609. The van der Waals surface area contributed by atoms with Crippen molar-refractivity contribution in [2.75, 3.05) is 26.2 Å². The summed E-state index contributed by atoms with van der Waals surface area (Å²) in [4.78, 5) is 40.4. The highest BCUT2D eigenvalue weighted by atomic mass is 16.6. The zero-order chi connectivity index (χ0) is 21.5. The Morgan fingerprint density at radius 1 is 1.10 bits per heavy atom. The molecular weight excluding hydrogens is 384 g/mol. The molecule has 1 unspecified atom stereocenters. The molecule has 4 rings (SSSR count). The lowest BCUT2D eigenvalue weighted by atomic mass is 9.90. The Kier molecular flexibility index (Phi) is 5.34. The number of benzene rings is 1. The fourth-order valence-electron chi connectivity index (χ4n) is 4.35. The molecule has 2 aliphatic heterocycles. The summed E-state index contributed by atoms with van der Waals surface area (Å²) < 4.78 is 11.7. The SMILES string of the molecule is CC(C)(C)OC(=O)N1CCC2(CC2)C(OCCCN2C(=O)c3ccccc3C2=O)C1. The highest BCUT2D eigenvalue weighted by Gasteiger charge is 2.53. The molecule has 1 saturated heterocycles. The molecule has 7 heteroatoms. The van der Waals surface area contributed by atoms with E-state index in [9.17, 15) is 14.4 Å². The summed E-state index contributed by atoms with van der Waals surface area (Å²) in [5, 5.41) is 0. The van der Waals surface area contributed by atoms with Gasteiger partial charge in [0.15, 0.2) is 0 Å². The number of rotatable bonds is 5. The van der Waals surface area contributed by atoms with E-state index in [-0.39, 0.29) is 29.4 Å². The van der Waals surface area contributed by atoms with Crippen molar-refractivity contribution < 1.29 is 23.9 Å². The van der Waals surface area contributed by atoms with Crippen LogP contribution in [-0.4, -0.2) is 65.7 Å². The Labute approximate surface area is 177 Å². The maximum Gasteiger partial charge on any atom is 0.410 e. The number of likely N-dealkylation sites (tertiary alicyclic amines) is 1. The van der Waals surface area contributed by atoms with E-state index in [1.165, 1.54) is 4.90 Å². The van der Waals surface area contributed by atoms with Gasteiger partial charge in [-0.25, -0.2) is 4.79 Å². The average molecular weight is 415 g/mol. The largest absolute Gasteiger partial charge is 0.444 e. The number of piperidine rings is 1. The predicted molar refractivity (Wildman–Crippen MR) is 110 cm³/mol. The number of carbonyl (C=O) groups excluding carboxylic acids is 3. The summed E-state index contributed by atoms with van der Waals surface area (Å²) in [5.74, 6) is -0.467. The van der Waals surface area contributed by atoms with Gasteiger partial charge in [0.1, 0.15) is 5.60 Å². The number of imide groups is 1. The smallest absolute Gasteiger partial charge is 0.410 e. The van der Waals surface area contributed by atoms with Crippen molar-refractivity contribution in [2.24, 2.45) is 5.41 Å². The van der Waals surface area contributed by atoms with Gasteiger partial charge in [0.2, 0.25) is 0 Å². The van der Waals surface area contributed by atoms with Crippen LogP contribution in [0.15, 0.2) is 24.3 Å². The van der Waals surface area contributed by atoms with Gasteiger partial charge in [0.05, 0.1) is 23.8 Å². The van der Waals surface area contributed by atoms with Crippen LogP contribution in [0, 0.1) is 5.41 Å². The van der Waals surface area contributed by atoms with Crippen molar-refractivity contribution in [2.45, 2.75) is 58.2 Å². The van der Waals surface area contributed by atoms with Crippen molar-refractivity contribution in [3.63, 3.8) is 0 Å². The number of hydrogen-bond donors (Lipinski definition) is 0. The first-order valence-electron chi connectivity index (χ1n) is 10.7. The molecule has 30 heavy (non-hydrogen) atoms. The topological polar surface area (TPSA) is 76.2 Å². The van der Waals surface area contributed by atoms with E-state index < -0.39 is 5.60 Å². The third-order valence-corrected chi connectivity index (χ3v) is 6.22. The molecule has 1 aromatic rings. The molecule has 0 aromatic heterocycles. The summed E-state index contributed by atoms with van der Waals surface area (Å²) in [6.45, 7) is 7.61. The highest BCUT2D eigenvalue weighted by molar-refractivity contribution is 6.21. The van der Waals surface area contributed by atoms with Gasteiger partial charge in [-0.2, -0.15) is 0 Å². The Hall–Kier alpha value is -2.41. The first-order valence-corrected chi connectivity index (χ1v) is 10.7. The molecule has 1 spiro atoms. The molecule has 162 valence electrons. The molecule has 2 fully saturated rings. The summed E-state index contributed by atoms with van der Waals surface area (Å²) in [5.41, 5.74) is 0.601. The second-order valence-corrected chi connectivity index (χ2v) is 9.56. The molecule has 1 atom stereocenters. The van der Waals surface area contributed by atoms with Crippen LogP contribution < -0.4 is 0 Å². The third-order valence-electron chi connectivity index (χ3n) is 6.22. The van der Waals surface area contributed by atoms with Crippen molar-refractivity contribution in [3.8, 4) is 0 Å². The van der Waals surface area contributed by atoms with E-state index in [1.54, 1.807) is 29.2 Å². The normalized spacial score (nSPS) is 22.4. The standard InChI is InChI=1S/C23H30N2O5/c1-22(2,3)30-21(28)24-13-11-23(9-10-23)18(15-24)29-14-6-12-25-19(26)16-7-4-5-8-17(16)20(25)27/h4-5,7-8,18H,6,9-15H2,1-3H3. The van der Waals surface area contributed by atoms with Crippen LogP contribution in [0.4, 0.5) is 4.79 Å². The number of amides is 3. The van der Waals surface area contributed by atoms with Crippen LogP contribution >= 0.6 is 0 Å². The summed E-state index contributed by atoms with van der Waals surface area (Å²) in [6.07, 6.45) is 3.43. The third kappa shape index (κ3) is 4.08. The van der Waals surface area contributed by atoms with Crippen LogP contribution in [0.3, 0.4) is 0 Å². The van der Waals surface area contributed by atoms with Crippen molar-refractivity contribution in [1.29, 1.82) is 0 Å². The van der Waals surface area contributed by atoms with Gasteiger partial charge >= 0.3 is 6.09 Å². The summed E-state index contributed by atoms with van der Waals surface area (Å²) in [6, 6.07) is 6.92. The molecule has 1 saturated carbocycles. The summed E-state index contributed by atoms with van der Waals surface area (Å²) in [7, 11) is 0. The first kappa shape index (κ1) is 20.8. The average Bonchev–Trinajstić information content (AvgIpc) is 3.42. The zero-order valence-electron chi connectivity index (χ0n) is 18.0. The van der Waals surface area contributed by atoms with E-state index in [1.807, 2.05) is 20.8 Å². The summed E-state index contributed by atoms with van der Waals surface area (Å²) >= 11 is 0. The van der Waals surface area contributed by atoms with E-state index in [0.717, 1.165) is 19.3 Å². The minimum Gasteiger partial charge on any atom is -0.444 e. The van der Waals surface area contributed by atoms with E-state index in [0.29, 0.717) is 43.8 Å². The monoisotopic (exact) mass is 414 g/mol. The van der Waals surface area contributed by atoms with Crippen molar-refractivity contribution >= 4 is 17.9 Å². The molecule has 7 nitrogen and oxygen atoms in total. The minimum atomic E-state index is -0.519. The molecule has 1 aromatic carbocycles. The van der Waals surface area contributed by atoms with Gasteiger partial charge in [-0.3, -0.25) is 14.5 Å². The molecule has 0 bridgehead atoms. The van der Waals surface area contributed by atoms with Crippen LogP contribution in [0.2, 0.25) is 0 Å². The molecular formula is C23H30N2O5. The van der Waals surface area contributed by atoms with Gasteiger partial charge in [0.25, 0.3) is 11.8 Å². The second-order valence-electron chi connectivity index (χ2n) is 9.56. The molecule has 0 radical (unpaired) electrons. The van der Waals surface area contributed by atoms with Gasteiger partial charge < -0.3 is 14.4 Å². The lowest BCUT2D eigenvalue weighted by Crippen LogP contribution is -2.50. The Bertz CT molecular complexity index is 820. The highest BCUT2D eigenvalue weighted by Crippen LogP contribution is 2.55. The molecule has 1 aliphatic carbocycles. The Balaban J connectivity index is 1.29. The lowest BCUT2D eigenvalue weighted by Gasteiger charge is -2.39. The minimum absolute atomic E-state index is 0.0269. The fourth-order valence-corrected chi connectivity index (χ4v) is 4.35. The molecule has 2 heterocycles. The maximum absolute atomic E-state index is 12.5. The van der Waals surface area contributed by atoms with Crippen LogP contribution in [-0.2, 0) is 9.47 Å². The van der Waals surface area contributed by atoms with Gasteiger partial charge in [-0.15, -0.1) is 0 Å². The van der Waals surface area contributed by atoms with Crippen molar-refractivity contribution in [3.05, 3.63) is 35.4 Å². The van der Waals surface area contributed by atoms with Gasteiger partial charge in [-0.05, 0) is 58.6 Å². The number of nitrogens with zero attached hydrogens (tertiary/aromatic N) is 2. The number of carbonyl (C=O) groups is 3. The van der Waals surface area contributed by atoms with Gasteiger partial charge in [0, 0.05) is 25.1 Å². The second kappa shape index (κ2) is 7.69. The Morgan fingerprint density at radius 3 is 2.30 bits per heavy atom.